The van der Waals surface area contributed by atoms with Crippen molar-refractivity contribution >= 4 is 30.0 Å². The fourth-order valence-corrected chi connectivity index (χ4v) is 3.61. The molecular weight excluding hydrogens is 492 g/mol. The molecule has 0 aromatic heterocycles. The predicted octanol–water partition coefficient (Wildman–Crippen LogP) is 1.82. The molecule has 1 fully saturated rings. The highest BCUT2D eigenvalue weighted by Gasteiger charge is 2.52. The zero-order valence-corrected chi connectivity index (χ0v) is 21.6. The van der Waals surface area contributed by atoms with Crippen LogP contribution < -0.4 is 9.47 Å². The molecule has 3 unspecified atom stereocenters. The summed E-state index contributed by atoms with van der Waals surface area (Å²) >= 11 is 0. The molecule has 0 radical (unpaired) electrons. The summed E-state index contributed by atoms with van der Waals surface area (Å²) in [6.07, 6.45) is -2.72. The van der Waals surface area contributed by atoms with Gasteiger partial charge in [0.05, 0.1) is 20.8 Å². The van der Waals surface area contributed by atoms with Crippen LogP contribution in [0.3, 0.4) is 0 Å². The lowest BCUT2D eigenvalue weighted by molar-refractivity contribution is -0.305. The quantitative estimate of drug-likeness (QED) is 0.308. The van der Waals surface area contributed by atoms with Crippen molar-refractivity contribution in [2.75, 3.05) is 27.4 Å². The molecule has 2 rings (SSSR count). The van der Waals surface area contributed by atoms with E-state index in [9.17, 15) is 19.2 Å². The Bertz CT molecular complexity index is 988. The highest BCUT2D eigenvalue weighted by Crippen LogP contribution is 2.30. The van der Waals surface area contributed by atoms with Crippen molar-refractivity contribution < 1.29 is 57.1 Å². The van der Waals surface area contributed by atoms with Gasteiger partial charge >= 0.3 is 23.9 Å². The molecule has 1 aliphatic rings. The maximum atomic E-state index is 11.9. The first-order valence-corrected chi connectivity index (χ1v) is 11.4. The molecule has 0 amide bonds. The number of rotatable bonds is 11. The van der Waals surface area contributed by atoms with E-state index >= 15 is 0 Å². The lowest BCUT2D eigenvalue weighted by Gasteiger charge is -2.43. The van der Waals surface area contributed by atoms with Gasteiger partial charge in [0.1, 0.15) is 12.7 Å². The van der Waals surface area contributed by atoms with E-state index in [1.165, 1.54) is 21.1 Å². The molecule has 5 atom stereocenters. The fourth-order valence-electron chi connectivity index (χ4n) is 3.61. The van der Waals surface area contributed by atoms with Gasteiger partial charge in [-0.1, -0.05) is 18.2 Å². The Labute approximate surface area is 214 Å². The van der Waals surface area contributed by atoms with Crippen molar-refractivity contribution in [2.24, 2.45) is 0 Å². The lowest BCUT2D eigenvalue weighted by Crippen LogP contribution is -2.62. The average molecular weight is 525 g/mol. The third-order valence-electron chi connectivity index (χ3n) is 5.02. The first-order chi connectivity index (χ1) is 17.5. The Morgan fingerprint density at radius 3 is 1.97 bits per heavy atom. The molecule has 1 heterocycles. The second kappa shape index (κ2) is 14.2. The maximum absolute atomic E-state index is 11.9. The minimum absolute atomic E-state index is 0.0118. The van der Waals surface area contributed by atoms with Crippen molar-refractivity contribution in [3.8, 4) is 11.5 Å². The van der Waals surface area contributed by atoms with Crippen LogP contribution in [0.1, 0.15) is 33.3 Å². The van der Waals surface area contributed by atoms with E-state index in [2.05, 4.69) is 0 Å². The molecule has 12 heteroatoms. The van der Waals surface area contributed by atoms with Gasteiger partial charge in [-0.05, 0) is 17.7 Å². The minimum Gasteiger partial charge on any atom is -0.493 e. The molecular formula is C25H32O12. The normalized spacial score (nSPS) is 23.1. The summed E-state index contributed by atoms with van der Waals surface area (Å²) in [5.41, 5.74) is 0.794. The van der Waals surface area contributed by atoms with E-state index in [1.807, 2.05) is 6.07 Å². The molecule has 1 saturated heterocycles. The Hall–Kier alpha value is -3.64. The van der Waals surface area contributed by atoms with E-state index in [4.69, 9.17) is 37.9 Å². The van der Waals surface area contributed by atoms with Gasteiger partial charge in [0.2, 0.25) is 0 Å². The number of carbonyl (C=O) groups excluding carboxylic acids is 4. The molecule has 0 bridgehead atoms. The van der Waals surface area contributed by atoms with E-state index in [-0.39, 0.29) is 13.2 Å². The van der Waals surface area contributed by atoms with Crippen LogP contribution in [0.4, 0.5) is 0 Å². The molecule has 1 aromatic carbocycles. The van der Waals surface area contributed by atoms with Crippen LogP contribution >= 0.6 is 0 Å². The zero-order valence-electron chi connectivity index (χ0n) is 21.6. The molecule has 37 heavy (non-hydrogen) atoms. The largest absolute Gasteiger partial charge is 0.493 e. The monoisotopic (exact) mass is 524 g/mol. The highest BCUT2D eigenvalue weighted by atomic mass is 16.7. The summed E-state index contributed by atoms with van der Waals surface area (Å²) in [6.45, 7) is 4.30. The number of hydrogen-bond donors (Lipinski definition) is 0. The zero-order chi connectivity index (χ0) is 27.5. The van der Waals surface area contributed by atoms with Crippen LogP contribution in [0, 0.1) is 0 Å². The molecule has 204 valence electrons. The number of carbonyl (C=O) groups is 4. The van der Waals surface area contributed by atoms with Crippen molar-refractivity contribution in [3.05, 3.63) is 29.8 Å². The number of hydrogen-bond acceptors (Lipinski definition) is 12. The van der Waals surface area contributed by atoms with Crippen molar-refractivity contribution in [2.45, 2.75) is 58.4 Å². The Morgan fingerprint density at radius 1 is 0.811 bits per heavy atom. The van der Waals surface area contributed by atoms with E-state index in [0.29, 0.717) is 11.5 Å². The van der Waals surface area contributed by atoms with Crippen molar-refractivity contribution in [3.63, 3.8) is 0 Å². The van der Waals surface area contributed by atoms with Gasteiger partial charge in [-0.15, -0.1) is 0 Å². The van der Waals surface area contributed by atoms with Gasteiger partial charge in [0, 0.05) is 27.7 Å². The average Bonchev–Trinajstić information content (AvgIpc) is 2.82. The SMILES string of the molecule is COc1ccc(/C=C/CO[C@@H]2OC(COC(C)=O)[C@@H](OC(C)=O)C(OC(C)=O)C2OC(C)=O)cc1OC. The molecule has 12 nitrogen and oxygen atoms in total. The van der Waals surface area contributed by atoms with Crippen LogP contribution in [0.2, 0.25) is 0 Å². The molecule has 0 N–H and O–H groups in total. The van der Waals surface area contributed by atoms with E-state index in [1.54, 1.807) is 24.3 Å². The Morgan fingerprint density at radius 2 is 1.41 bits per heavy atom. The first-order valence-electron chi connectivity index (χ1n) is 11.4. The second-order valence-corrected chi connectivity index (χ2v) is 7.92. The number of ether oxygens (including phenoxy) is 8. The number of benzene rings is 1. The van der Waals surface area contributed by atoms with E-state index < -0.39 is 54.6 Å². The summed E-state index contributed by atoms with van der Waals surface area (Å²) in [5.74, 6) is -1.62. The van der Waals surface area contributed by atoms with Gasteiger partial charge < -0.3 is 37.9 Å². The number of methoxy groups -OCH3 is 2. The Balaban J connectivity index is 2.28. The summed E-state index contributed by atoms with van der Waals surface area (Å²) < 4.78 is 43.3. The molecule has 1 aliphatic heterocycles. The number of esters is 4. The highest BCUT2D eigenvalue weighted by molar-refractivity contribution is 5.68. The van der Waals surface area contributed by atoms with Crippen LogP contribution in [0.25, 0.3) is 6.08 Å². The molecule has 0 saturated carbocycles. The standard InChI is InChI=1S/C25H32O12/c1-14(26)33-13-21-22(34-15(2)27)23(35-16(3)28)24(36-17(4)29)25(37-21)32-11-7-8-18-9-10-19(30-5)20(12-18)31-6/h7-10,12,21-25H,11,13H2,1-6H3/b8-7+/t21?,22-,23?,24?,25-/m1/s1. The maximum Gasteiger partial charge on any atom is 0.303 e. The molecule has 0 aliphatic carbocycles. The fraction of sp³-hybridized carbons (Fsp3) is 0.520. The van der Waals surface area contributed by atoms with Crippen LogP contribution in [-0.2, 0) is 47.6 Å². The topological polar surface area (TPSA) is 142 Å². The third-order valence-corrected chi connectivity index (χ3v) is 5.02. The summed E-state index contributed by atoms with van der Waals surface area (Å²) in [5, 5.41) is 0. The predicted molar refractivity (Wildman–Crippen MR) is 126 cm³/mol. The molecule has 1 aromatic rings. The van der Waals surface area contributed by atoms with Gasteiger partial charge in [-0.25, -0.2) is 0 Å². The van der Waals surface area contributed by atoms with Crippen molar-refractivity contribution in [1.82, 2.24) is 0 Å². The first kappa shape index (κ1) is 29.6. The minimum atomic E-state index is -1.29. The van der Waals surface area contributed by atoms with Crippen molar-refractivity contribution in [1.29, 1.82) is 0 Å². The summed E-state index contributed by atoms with van der Waals surface area (Å²) in [6, 6.07) is 5.33. The third kappa shape index (κ3) is 9.07. The van der Waals surface area contributed by atoms with Crippen LogP contribution in [0.15, 0.2) is 24.3 Å². The van der Waals surface area contributed by atoms with Gasteiger partial charge in [0.25, 0.3) is 0 Å². The Kier molecular flexibility index (Phi) is 11.3. The summed E-state index contributed by atoms with van der Waals surface area (Å²) in [7, 11) is 3.06. The van der Waals surface area contributed by atoms with Crippen LogP contribution in [-0.4, -0.2) is 82.0 Å². The van der Waals surface area contributed by atoms with Gasteiger partial charge in [-0.2, -0.15) is 0 Å². The van der Waals surface area contributed by atoms with Gasteiger partial charge in [0.15, 0.2) is 36.1 Å². The second-order valence-electron chi connectivity index (χ2n) is 7.92. The van der Waals surface area contributed by atoms with Crippen LogP contribution in [0.5, 0.6) is 11.5 Å². The van der Waals surface area contributed by atoms with E-state index in [0.717, 1.165) is 26.3 Å². The summed E-state index contributed by atoms with van der Waals surface area (Å²) in [4.78, 5) is 46.9. The smallest absolute Gasteiger partial charge is 0.303 e. The van der Waals surface area contributed by atoms with Gasteiger partial charge in [-0.3, -0.25) is 19.2 Å². The lowest BCUT2D eigenvalue weighted by atomic mass is 9.98. The molecule has 0 spiro atoms.